The molecule has 0 saturated carbocycles. The molecule has 1 aliphatic rings. The summed E-state index contributed by atoms with van der Waals surface area (Å²) in [5, 5.41) is 3.38. The van der Waals surface area contributed by atoms with Gasteiger partial charge in [0.15, 0.2) is 0 Å². The average Bonchev–Trinajstić information content (AvgIpc) is 2.84. The molecule has 0 radical (unpaired) electrons. The lowest BCUT2D eigenvalue weighted by atomic mass is 9.98. The SMILES string of the molecule is C[C@@]1(COP(=O)(O)O)NCCN(c2ccc(Sc3cccc(OCc4ccccc4)c3)cc2Cl)C1=O. The lowest BCUT2D eigenvalue weighted by molar-refractivity contribution is -0.127. The van der Waals surface area contributed by atoms with Crippen molar-refractivity contribution in [2.75, 3.05) is 24.6 Å². The van der Waals surface area contributed by atoms with E-state index in [-0.39, 0.29) is 5.91 Å². The van der Waals surface area contributed by atoms with Crippen molar-refractivity contribution in [1.29, 1.82) is 0 Å². The van der Waals surface area contributed by atoms with Crippen molar-refractivity contribution >= 4 is 42.8 Å². The summed E-state index contributed by atoms with van der Waals surface area (Å²) in [4.78, 5) is 34.6. The second-order valence-corrected chi connectivity index (χ2v) is 11.2. The smallest absolute Gasteiger partial charge is 0.469 e. The predicted octanol–water partition coefficient (Wildman–Crippen LogP) is 4.87. The highest BCUT2D eigenvalue weighted by molar-refractivity contribution is 7.99. The Balaban J connectivity index is 1.44. The number of piperazine rings is 1. The minimum absolute atomic E-state index is 0.358. The van der Waals surface area contributed by atoms with Gasteiger partial charge in [0.2, 0.25) is 5.91 Å². The highest BCUT2D eigenvalue weighted by atomic mass is 35.5. The number of phosphoric acid groups is 1. The van der Waals surface area contributed by atoms with Crippen LogP contribution in [0.5, 0.6) is 5.75 Å². The Labute approximate surface area is 218 Å². The minimum Gasteiger partial charge on any atom is -0.489 e. The van der Waals surface area contributed by atoms with Crippen LogP contribution in [0.3, 0.4) is 0 Å². The standard InChI is InChI=1S/C25H26ClN2O6PS/c1-25(17-34-35(30,31)32)24(29)28(13-12-27-25)23-11-10-21(15-22(23)26)36-20-9-5-8-19(14-20)33-16-18-6-3-2-4-7-18/h2-11,14-15,27H,12-13,16-17H2,1H3,(H2,30,31,32)/t25-/m0/s1. The molecule has 1 amide bonds. The number of hydrogen-bond donors (Lipinski definition) is 3. The zero-order valence-electron chi connectivity index (χ0n) is 19.5. The lowest BCUT2D eigenvalue weighted by Gasteiger charge is -2.40. The molecule has 36 heavy (non-hydrogen) atoms. The van der Waals surface area contributed by atoms with Gasteiger partial charge < -0.3 is 19.4 Å². The molecule has 1 fully saturated rings. The van der Waals surface area contributed by atoms with Crippen molar-refractivity contribution in [2.45, 2.75) is 28.9 Å². The molecular weight excluding hydrogens is 523 g/mol. The maximum Gasteiger partial charge on any atom is 0.469 e. The van der Waals surface area contributed by atoms with Gasteiger partial charge in [0.05, 0.1) is 17.3 Å². The first-order valence-electron chi connectivity index (χ1n) is 11.1. The number of ether oxygens (including phenoxy) is 1. The number of carbonyl (C=O) groups excluding carboxylic acids is 1. The number of rotatable bonds is 9. The second kappa shape index (κ2) is 11.4. The molecule has 8 nitrogen and oxygen atoms in total. The van der Waals surface area contributed by atoms with Crippen molar-refractivity contribution in [3.63, 3.8) is 0 Å². The number of phosphoric ester groups is 1. The molecule has 11 heteroatoms. The molecule has 4 rings (SSSR count). The Bertz CT molecular complexity index is 1270. The maximum atomic E-state index is 13.1. The molecule has 1 heterocycles. The van der Waals surface area contributed by atoms with Gasteiger partial charge in [0.25, 0.3) is 0 Å². The van der Waals surface area contributed by atoms with Gasteiger partial charge in [-0.2, -0.15) is 0 Å². The molecule has 0 aromatic heterocycles. The van der Waals surface area contributed by atoms with Crippen LogP contribution in [0.25, 0.3) is 0 Å². The van der Waals surface area contributed by atoms with Gasteiger partial charge >= 0.3 is 7.82 Å². The van der Waals surface area contributed by atoms with Gasteiger partial charge in [-0.15, -0.1) is 0 Å². The lowest BCUT2D eigenvalue weighted by Crippen LogP contribution is -2.65. The van der Waals surface area contributed by atoms with E-state index in [1.807, 2.05) is 60.7 Å². The monoisotopic (exact) mass is 548 g/mol. The average molecular weight is 549 g/mol. The number of halogens is 1. The largest absolute Gasteiger partial charge is 0.489 e. The van der Waals surface area contributed by atoms with E-state index in [2.05, 4.69) is 9.84 Å². The summed E-state index contributed by atoms with van der Waals surface area (Å²) >= 11 is 8.10. The molecule has 1 atom stereocenters. The van der Waals surface area contributed by atoms with E-state index in [1.165, 1.54) is 16.7 Å². The Morgan fingerprint density at radius 1 is 1.08 bits per heavy atom. The number of nitrogens with zero attached hydrogens (tertiary/aromatic N) is 1. The second-order valence-electron chi connectivity index (χ2n) is 8.44. The van der Waals surface area contributed by atoms with Crippen LogP contribution in [-0.2, 0) is 20.5 Å². The molecule has 190 valence electrons. The molecule has 1 saturated heterocycles. The Morgan fingerprint density at radius 3 is 2.56 bits per heavy atom. The summed E-state index contributed by atoms with van der Waals surface area (Å²) in [5.74, 6) is 0.377. The minimum atomic E-state index is -4.72. The van der Waals surface area contributed by atoms with E-state index in [9.17, 15) is 9.36 Å². The zero-order valence-corrected chi connectivity index (χ0v) is 21.9. The Hall–Kier alpha value is -2.36. The van der Waals surface area contributed by atoms with Gasteiger partial charge in [0.1, 0.15) is 17.9 Å². The van der Waals surface area contributed by atoms with Crippen molar-refractivity contribution in [2.24, 2.45) is 0 Å². The topological polar surface area (TPSA) is 108 Å². The number of hydrogen-bond acceptors (Lipinski definition) is 6. The summed E-state index contributed by atoms with van der Waals surface area (Å²) in [5.41, 5.74) is 0.315. The molecule has 3 aromatic carbocycles. The van der Waals surface area contributed by atoms with Gasteiger partial charge in [-0.05, 0) is 48.9 Å². The summed E-state index contributed by atoms with van der Waals surface area (Å²) in [7, 11) is -4.72. The van der Waals surface area contributed by atoms with E-state index < -0.39 is 20.0 Å². The van der Waals surface area contributed by atoms with Gasteiger partial charge in [-0.25, -0.2) is 4.57 Å². The third-order valence-corrected chi connectivity index (χ3v) is 7.34. The van der Waals surface area contributed by atoms with Crippen LogP contribution in [0.1, 0.15) is 12.5 Å². The fraction of sp³-hybridized carbons (Fsp3) is 0.240. The molecule has 3 N–H and O–H groups in total. The molecule has 0 spiro atoms. The number of amides is 1. The molecule has 3 aromatic rings. The van der Waals surface area contributed by atoms with Gasteiger partial charge in [0, 0.05) is 22.9 Å². The first-order chi connectivity index (χ1) is 17.1. The molecule has 0 unspecified atom stereocenters. The Kier molecular flexibility index (Phi) is 8.42. The van der Waals surface area contributed by atoms with E-state index >= 15 is 0 Å². The van der Waals surface area contributed by atoms with E-state index in [0.29, 0.717) is 30.4 Å². The van der Waals surface area contributed by atoms with E-state index in [4.69, 9.17) is 26.1 Å². The number of anilines is 1. The summed E-state index contributed by atoms with van der Waals surface area (Å²) < 4.78 is 21.6. The van der Waals surface area contributed by atoms with Crippen molar-refractivity contribution in [3.05, 3.63) is 83.4 Å². The number of nitrogens with one attached hydrogen (secondary N) is 1. The highest BCUT2D eigenvalue weighted by Gasteiger charge is 2.42. The van der Waals surface area contributed by atoms with Crippen molar-refractivity contribution in [3.8, 4) is 5.75 Å². The number of carbonyl (C=O) groups is 1. The van der Waals surface area contributed by atoms with Crippen molar-refractivity contribution < 1.29 is 28.4 Å². The van der Waals surface area contributed by atoms with E-state index in [0.717, 1.165) is 21.1 Å². The van der Waals surface area contributed by atoms with Crippen LogP contribution >= 0.6 is 31.2 Å². The van der Waals surface area contributed by atoms with Crippen molar-refractivity contribution in [1.82, 2.24) is 5.32 Å². The summed E-state index contributed by atoms with van der Waals surface area (Å²) in [6.45, 7) is 2.32. The molecule has 1 aliphatic heterocycles. The third-order valence-electron chi connectivity index (χ3n) is 5.59. The Morgan fingerprint density at radius 2 is 1.83 bits per heavy atom. The fourth-order valence-electron chi connectivity index (χ4n) is 3.75. The third kappa shape index (κ3) is 6.89. The maximum absolute atomic E-state index is 13.1. The molecular formula is C25H26ClN2O6PS. The summed E-state index contributed by atoms with van der Waals surface area (Å²) in [6.07, 6.45) is 0. The van der Waals surface area contributed by atoms with Gasteiger partial charge in [-0.3, -0.25) is 14.6 Å². The van der Waals surface area contributed by atoms with Crippen LogP contribution in [0, 0.1) is 0 Å². The quantitative estimate of drug-likeness (QED) is 0.325. The first-order valence-corrected chi connectivity index (χ1v) is 13.9. The van der Waals surface area contributed by atoms with Gasteiger partial charge in [-0.1, -0.05) is 59.8 Å². The molecule has 0 aliphatic carbocycles. The summed E-state index contributed by atoms with van der Waals surface area (Å²) in [6, 6.07) is 23.2. The molecule has 0 bridgehead atoms. The first kappa shape index (κ1) is 26.7. The fourth-order valence-corrected chi connectivity index (χ4v) is 5.43. The van der Waals surface area contributed by atoms with Crippen LogP contribution in [0.15, 0.2) is 82.6 Å². The van der Waals surface area contributed by atoms with Crippen LogP contribution in [-0.4, -0.2) is 40.9 Å². The highest BCUT2D eigenvalue weighted by Crippen LogP contribution is 2.39. The van der Waals surface area contributed by atoms with Crippen LogP contribution in [0.4, 0.5) is 5.69 Å². The van der Waals surface area contributed by atoms with Crippen LogP contribution in [0.2, 0.25) is 5.02 Å². The van der Waals surface area contributed by atoms with E-state index in [1.54, 1.807) is 19.1 Å². The zero-order chi connectivity index (χ0) is 25.8. The number of benzene rings is 3. The van der Waals surface area contributed by atoms with Crippen LogP contribution < -0.4 is 15.0 Å². The predicted molar refractivity (Wildman–Crippen MR) is 140 cm³/mol. The normalized spacial score (nSPS) is 18.3.